The number of Topliss-reactive ketones (excluding diaryl/α,β-unsaturated/α-hetero) is 1. The number of rotatable bonds is 1. The molecule has 1 atom stereocenters. The van der Waals surface area contributed by atoms with E-state index >= 15 is 0 Å². The van der Waals surface area contributed by atoms with Crippen molar-refractivity contribution in [2.75, 3.05) is 0 Å². The second-order valence-corrected chi connectivity index (χ2v) is 2.39. The van der Waals surface area contributed by atoms with Gasteiger partial charge in [-0.3, -0.25) is 9.79 Å². The molecule has 1 heterocycles. The van der Waals surface area contributed by atoms with Gasteiger partial charge >= 0.3 is 0 Å². The second kappa shape index (κ2) is 2.76. The highest BCUT2D eigenvalue weighted by molar-refractivity contribution is 5.83. The maximum Gasteiger partial charge on any atom is 0.154 e. The summed E-state index contributed by atoms with van der Waals surface area (Å²) < 4.78 is 0. The van der Waals surface area contributed by atoms with Gasteiger partial charge in [0.2, 0.25) is 0 Å². The van der Waals surface area contributed by atoms with Crippen LogP contribution in [0.3, 0.4) is 0 Å². The van der Waals surface area contributed by atoms with Crippen molar-refractivity contribution >= 4 is 12.0 Å². The van der Waals surface area contributed by atoms with E-state index in [9.17, 15) is 4.79 Å². The summed E-state index contributed by atoms with van der Waals surface area (Å²) in [7, 11) is 0. The molecule has 0 N–H and O–H groups in total. The Morgan fingerprint density at radius 2 is 2.56 bits per heavy atom. The fourth-order valence-corrected chi connectivity index (χ4v) is 0.987. The van der Waals surface area contributed by atoms with Crippen LogP contribution in [0.25, 0.3) is 0 Å². The van der Waals surface area contributed by atoms with Crippen molar-refractivity contribution in [3.05, 3.63) is 0 Å². The standard InChI is InChI=1S/C7H11NO/c1-6(9)7-4-2-3-5-8-7/h5,7H,2-4H2,1H3. The third-order valence-corrected chi connectivity index (χ3v) is 1.57. The topological polar surface area (TPSA) is 29.4 Å². The van der Waals surface area contributed by atoms with Crippen LogP contribution in [-0.2, 0) is 4.79 Å². The average molecular weight is 125 g/mol. The maximum absolute atomic E-state index is 10.7. The highest BCUT2D eigenvalue weighted by Crippen LogP contribution is 2.09. The molecule has 0 spiro atoms. The van der Waals surface area contributed by atoms with Crippen LogP contribution in [0.1, 0.15) is 26.2 Å². The van der Waals surface area contributed by atoms with Gasteiger partial charge in [-0.05, 0) is 32.4 Å². The third-order valence-electron chi connectivity index (χ3n) is 1.57. The molecule has 50 valence electrons. The van der Waals surface area contributed by atoms with Crippen LogP contribution in [0.5, 0.6) is 0 Å². The van der Waals surface area contributed by atoms with Gasteiger partial charge in [0.05, 0.1) is 0 Å². The zero-order chi connectivity index (χ0) is 6.69. The molecule has 0 radical (unpaired) electrons. The molecule has 0 aromatic rings. The summed E-state index contributed by atoms with van der Waals surface area (Å²) in [4.78, 5) is 14.7. The Morgan fingerprint density at radius 3 is 2.89 bits per heavy atom. The molecular formula is C7H11NO. The molecular weight excluding hydrogens is 114 g/mol. The first-order valence-electron chi connectivity index (χ1n) is 3.33. The Balaban J connectivity index is 2.50. The van der Waals surface area contributed by atoms with Crippen molar-refractivity contribution in [1.82, 2.24) is 0 Å². The van der Waals surface area contributed by atoms with E-state index in [0.29, 0.717) is 0 Å². The lowest BCUT2D eigenvalue weighted by Crippen LogP contribution is -2.17. The number of nitrogens with zero attached hydrogens (tertiary/aromatic N) is 1. The summed E-state index contributed by atoms with van der Waals surface area (Å²) in [6.45, 7) is 1.60. The Labute approximate surface area is 55.0 Å². The van der Waals surface area contributed by atoms with Gasteiger partial charge in [-0.15, -0.1) is 0 Å². The summed E-state index contributed by atoms with van der Waals surface area (Å²) in [6.07, 6.45) is 4.97. The largest absolute Gasteiger partial charge is 0.298 e. The minimum Gasteiger partial charge on any atom is -0.298 e. The first kappa shape index (κ1) is 6.46. The highest BCUT2D eigenvalue weighted by Gasteiger charge is 2.12. The Bertz CT molecular complexity index is 140. The molecule has 2 nitrogen and oxygen atoms in total. The summed E-state index contributed by atoms with van der Waals surface area (Å²) in [5.41, 5.74) is 0. The van der Waals surface area contributed by atoms with E-state index in [1.807, 2.05) is 6.21 Å². The molecule has 0 aliphatic carbocycles. The van der Waals surface area contributed by atoms with Crippen LogP contribution in [0.2, 0.25) is 0 Å². The van der Waals surface area contributed by atoms with Crippen molar-refractivity contribution < 1.29 is 4.79 Å². The first-order chi connectivity index (χ1) is 4.30. The molecule has 1 aliphatic rings. The maximum atomic E-state index is 10.7. The molecule has 9 heavy (non-hydrogen) atoms. The number of hydrogen-bond acceptors (Lipinski definition) is 2. The van der Waals surface area contributed by atoms with Gasteiger partial charge < -0.3 is 0 Å². The van der Waals surface area contributed by atoms with Crippen LogP contribution < -0.4 is 0 Å². The van der Waals surface area contributed by atoms with Crippen molar-refractivity contribution in [3.8, 4) is 0 Å². The van der Waals surface area contributed by atoms with Crippen LogP contribution in [-0.4, -0.2) is 18.0 Å². The Kier molecular flexibility index (Phi) is 1.98. The summed E-state index contributed by atoms with van der Waals surface area (Å²) in [6, 6.07) is -0.0150. The van der Waals surface area contributed by atoms with Crippen molar-refractivity contribution in [2.45, 2.75) is 32.2 Å². The Hall–Kier alpha value is -0.660. The molecule has 0 bridgehead atoms. The van der Waals surface area contributed by atoms with Gasteiger partial charge in [0, 0.05) is 0 Å². The fourth-order valence-electron chi connectivity index (χ4n) is 0.987. The number of aliphatic imine (C=N–C) groups is 1. The predicted molar refractivity (Wildman–Crippen MR) is 36.8 cm³/mol. The van der Waals surface area contributed by atoms with E-state index < -0.39 is 0 Å². The van der Waals surface area contributed by atoms with Crippen LogP contribution in [0.15, 0.2) is 4.99 Å². The van der Waals surface area contributed by atoms with Gasteiger partial charge in [0.15, 0.2) is 5.78 Å². The monoisotopic (exact) mass is 125 g/mol. The first-order valence-corrected chi connectivity index (χ1v) is 3.33. The van der Waals surface area contributed by atoms with Crippen LogP contribution in [0, 0.1) is 0 Å². The molecule has 0 saturated heterocycles. The fraction of sp³-hybridized carbons (Fsp3) is 0.714. The molecule has 0 fully saturated rings. The van der Waals surface area contributed by atoms with Crippen molar-refractivity contribution in [2.24, 2.45) is 4.99 Å². The minimum atomic E-state index is -0.0150. The average Bonchev–Trinajstić information content (AvgIpc) is 1.90. The van der Waals surface area contributed by atoms with Gasteiger partial charge in [-0.1, -0.05) is 0 Å². The normalized spacial score (nSPS) is 26.1. The smallest absolute Gasteiger partial charge is 0.154 e. The van der Waals surface area contributed by atoms with Crippen molar-refractivity contribution in [3.63, 3.8) is 0 Å². The van der Waals surface area contributed by atoms with Gasteiger partial charge in [-0.2, -0.15) is 0 Å². The molecule has 0 amide bonds. The van der Waals surface area contributed by atoms with Crippen LogP contribution >= 0.6 is 0 Å². The van der Waals surface area contributed by atoms with Gasteiger partial charge in [-0.25, -0.2) is 0 Å². The Morgan fingerprint density at radius 1 is 1.78 bits per heavy atom. The summed E-state index contributed by atoms with van der Waals surface area (Å²) in [5.74, 6) is 0.200. The lowest BCUT2D eigenvalue weighted by atomic mass is 10.0. The van der Waals surface area contributed by atoms with Crippen LogP contribution in [0.4, 0.5) is 0 Å². The number of carbonyl (C=O) groups is 1. The summed E-state index contributed by atoms with van der Waals surface area (Å²) in [5, 5.41) is 0. The molecule has 0 saturated carbocycles. The molecule has 1 unspecified atom stereocenters. The lowest BCUT2D eigenvalue weighted by Gasteiger charge is -2.11. The molecule has 1 rings (SSSR count). The van der Waals surface area contributed by atoms with Gasteiger partial charge in [0.25, 0.3) is 0 Å². The zero-order valence-electron chi connectivity index (χ0n) is 5.63. The predicted octanol–water partition coefficient (Wildman–Crippen LogP) is 1.20. The van der Waals surface area contributed by atoms with Gasteiger partial charge in [0.1, 0.15) is 6.04 Å². The molecule has 0 aromatic carbocycles. The number of carbonyl (C=O) groups excluding carboxylic acids is 1. The molecule has 1 aliphatic heterocycles. The zero-order valence-corrected chi connectivity index (χ0v) is 5.63. The van der Waals surface area contributed by atoms with E-state index in [2.05, 4.69) is 4.99 Å². The second-order valence-electron chi connectivity index (χ2n) is 2.39. The SMILES string of the molecule is CC(=O)C1CCCC=N1. The quantitative estimate of drug-likeness (QED) is 0.517. The van der Waals surface area contributed by atoms with E-state index in [4.69, 9.17) is 0 Å². The highest BCUT2D eigenvalue weighted by atomic mass is 16.1. The van der Waals surface area contributed by atoms with Crippen molar-refractivity contribution in [1.29, 1.82) is 0 Å². The van der Waals surface area contributed by atoms with E-state index in [1.54, 1.807) is 6.92 Å². The van der Waals surface area contributed by atoms with E-state index in [-0.39, 0.29) is 11.8 Å². The van der Waals surface area contributed by atoms with E-state index in [1.165, 1.54) is 0 Å². The third kappa shape index (κ3) is 1.63. The molecule has 0 aromatic heterocycles. The number of hydrogen-bond donors (Lipinski definition) is 0. The molecule has 2 heteroatoms. The van der Waals surface area contributed by atoms with E-state index in [0.717, 1.165) is 19.3 Å². The lowest BCUT2D eigenvalue weighted by molar-refractivity contribution is -0.118. The number of ketones is 1. The summed E-state index contributed by atoms with van der Waals surface area (Å²) >= 11 is 0. The minimum absolute atomic E-state index is 0.0150.